The van der Waals surface area contributed by atoms with Gasteiger partial charge in [0.05, 0.1) is 5.92 Å². The second-order valence-electron chi connectivity index (χ2n) is 7.69. The van der Waals surface area contributed by atoms with Gasteiger partial charge in [-0.15, -0.1) is 0 Å². The predicted molar refractivity (Wildman–Crippen MR) is 107 cm³/mol. The van der Waals surface area contributed by atoms with E-state index < -0.39 is 0 Å². The first-order valence-electron chi connectivity index (χ1n) is 10.6. The Kier molecular flexibility index (Phi) is 12.5. The number of carbonyl (C=O) groups excluding carboxylic acids is 1. The zero-order valence-corrected chi connectivity index (χ0v) is 16.5. The zero-order chi connectivity index (χ0) is 18.3. The van der Waals surface area contributed by atoms with Crippen molar-refractivity contribution in [1.82, 2.24) is 10.2 Å². The molecule has 4 nitrogen and oxygen atoms in total. The number of unbranched alkanes of at least 4 members (excludes halogenated alkanes) is 9. The molecule has 4 heteroatoms. The van der Waals surface area contributed by atoms with Crippen LogP contribution < -0.4 is 11.1 Å². The first-order chi connectivity index (χ1) is 12.1. The molecule has 1 rings (SSSR count). The van der Waals surface area contributed by atoms with Gasteiger partial charge in [0.1, 0.15) is 0 Å². The molecule has 0 aromatic heterocycles. The summed E-state index contributed by atoms with van der Waals surface area (Å²) >= 11 is 0. The number of amides is 1. The van der Waals surface area contributed by atoms with Crippen LogP contribution in [0.3, 0.4) is 0 Å². The third kappa shape index (κ3) is 11.2. The van der Waals surface area contributed by atoms with Gasteiger partial charge in [-0.1, -0.05) is 71.3 Å². The molecule has 1 amide bonds. The van der Waals surface area contributed by atoms with Crippen LogP contribution in [0.1, 0.15) is 84.0 Å². The standard InChI is InChI=1S/C21H41N3O/c1-3-4-5-6-7-8-9-10-11-12-15-23-19(2)17-24-16-13-14-20(18-24)21(22)25/h20,23H,2-18H2,1H3,(H2,22,25). The molecule has 146 valence electrons. The molecule has 1 atom stereocenters. The van der Waals surface area contributed by atoms with E-state index in [0.717, 1.165) is 44.7 Å². The van der Waals surface area contributed by atoms with Crippen LogP contribution in [0.25, 0.3) is 0 Å². The second kappa shape index (κ2) is 14.2. The van der Waals surface area contributed by atoms with Gasteiger partial charge in [0.15, 0.2) is 0 Å². The van der Waals surface area contributed by atoms with Crippen LogP contribution in [-0.4, -0.2) is 37.0 Å². The van der Waals surface area contributed by atoms with Gasteiger partial charge in [-0.05, 0) is 25.8 Å². The minimum absolute atomic E-state index is 0.0172. The summed E-state index contributed by atoms with van der Waals surface area (Å²) in [6.45, 7) is 10.1. The topological polar surface area (TPSA) is 58.4 Å². The van der Waals surface area contributed by atoms with Gasteiger partial charge in [-0.2, -0.15) is 0 Å². The molecule has 1 heterocycles. The van der Waals surface area contributed by atoms with E-state index in [0.29, 0.717) is 0 Å². The normalized spacial score (nSPS) is 18.2. The highest BCUT2D eigenvalue weighted by molar-refractivity contribution is 5.76. The molecule has 0 bridgehead atoms. The number of carbonyl (C=O) groups is 1. The monoisotopic (exact) mass is 351 g/mol. The first-order valence-corrected chi connectivity index (χ1v) is 10.6. The minimum atomic E-state index is -0.159. The van der Waals surface area contributed by atoms with Crippen LogP contribution in [0.4, 0.5) is 0 Å². The highest BCUT2D eigenvalue weighted by atomic mass is 16.1. The lowest BCUT2D eigenvalue weighted by Crippen LogP contribution is -2.42. The van der Waals surface area contributed by atoms with Crippen molar-refractivity contribution in [2.45, 2.75) is 84.0 Å². The fourth-order valence-corrected chi connectivity index (χ4v) is 3.63. The number of likely N-dealkylation sites (tertiary alicyclic amines) is 1. The Hall–Kier alpha value is -1.03. The van der Waals surface area contributed by atoms with E-state index in [2.05, 4.69) is 23.7 Å². The average molecular weight is 352 g/mol. The Labute approximate surface area is 155 Å². The van der Waals surface area contributed by atoms with Crippen molar-refractivity contribution in [3.63, 3.8) is 0 Å². The summed E-state index contributed by atoms with van der Waals surface area (Å²) in [4.78, 5) is 13.6. The summed E-state index contributed by atoms with van der Waals surface area (Å²) < 4.78 is 0. The van der Waals surface area contributed by atoms with Gasteiger partial charge in [0, 0.05) is 25.3 Å². The Balaban J connectivity index is 1.92. The molecular weight excluding hydrogens is 310 g/mol. The lowest BCUT2D eigenvalue weighted by Gasteiger charge is -2.31. The molecule has 0 aliphatic carbocycles. The SMILES string of the molecule is C=C(CN1CCCC(C(N)=O)C1)NCCCCCCCCCCCC. The van der Waals surface area contributed by atoms with E-state index in [4.69, 9.17) is 5.73 Å². The molecule has 0 saturated carbocycles. The molecule has 0 radical (unpaired) electrons. The Morgan fingerprint density at radius 3 is 2.28 bits per heavy atom. The highest BCUT2D eigenvalue weighted by Gasteiger charge is 2.23. The van der Waals surface area contributed by atoms with Gasteiger partial charge in [-0.25, -0.2) is 0 Å². The number of primary amides is 1. The maximum Gasteiger partial charge on any atom is 0.221 e. The Morgan fingerprint density at radius 2 is 1.68 bits per heavy atom. The van der Waals surface area contributed by atoms with E-state index in [1.165, 1.54) is 64.2 Å². The van der Waals surface area contributed by atoms with Gasteiger partial charge >= 0.3 is 0 Å². The van der Waals surface area contributed by atoms with E-state index in [9.17, 15) is 4.79 Å². The molecule has 3 N–H and O–H groups in total. The van der Waals surface area contributed by atoms with E-state index in [1.54, 1.807) is 0 Å². The van der Waals surface area contributed by atoms with Crippen LogP contribution in [0.2, 0.25) is 0 Å². The highest BCUT2D eigenvalue weighted by Crippen LogP contribution is 2.16. The fourth-order valence-electron chi connectivity index (χ4n) is 3.63. The molecule has 25 heavy (non-hydrogen) atoms. The number of hydrogen-bond acceptors (Lipinski definition) is 3. The van der Waals surface area contributed by atoms with Crippen LogP contribution in [0.15, 0.2) is 12.3 Å². The van der Waals surface area contributed by atoms with Gasteiger partial charge in [0.25, 0.3) is 0 Å². The Bertz CT molecular complexity index is 370. The molecule has 1 aliphatic rings. The quantitative estimate of drug-likeness (QED) is 0.435. The first kappa shape index (κ1) is 22.0. The van der Waals surface area contributed by atoms with E-state index in [1.807, 2.05) is 0 Å². The summed E-state index contributed by atoms with van der Waals surface area (Å²) in [6.07, 6.45) is 15.6. The molecule has 1 fully saturated rings. The zero-order valence-electron chi connectivity index (χ0n) is 16.5. The molecule has 0 spiro atoms. The predicted octanol–water partition coefficient (Wildman–Crippen LogP) is 4.21. The van der Waals surface area contributed by atoms with Crippen LogP contribution >= 0.6 is 0 Å². The number of rotatable bonds is 15. The second-order valence-corrected chi connectivity index (χ2v) is 7.69. The lowest BCUT2D eigenvalue weighted by atomic mass is 9.97. The summed E-state index contributed by atoms with van der Waals surface area (Å²) in [7, 11) is 0. The largest absolute Gasteiger partial charge is 0.388 e. The van der Waals surface area contributed by atoms with Crippen molar-refractivity contribution in [1.29, 1.82) is 0 Å². The molecule has 1 aliphatic heterocycles. The number of piperidine rings is 1. The lowest BCUT2D eigenvalue weighted by molar-refractivity contribution is -0.123. The number of nitrogens with one attached hydrogen (secondary N) is 1. The van der Waals surface area contributed by atoms with Crippen LogP contribution in [0, 0.1) is 5.92 Å². The summed E-state index contributed by atoms with van der Waals surface area (Å²) in [5.41, 5.74) is 6.51. The van der Waals surface area contributed by atoms with E-state index in [-0.39, 0.29) is 11.8 Å². The van der Waals surface area contributed by atoms with Gasteiger partial charge in [-0.3, -0.25) is 9.69 Å². The van der Waals surface area contributed by atoms with E-state index >= 15 is 0 Å². The number of nitrogens with zero attached hydrogens (tertiary/aromatic N) is 1. The average Bonchev–Trinajstić information content (AvgIpc) is 2.60. The van der Waals surface area contributed by atoms with Crippen molar-refractivity contribution in [2.24, 2.45) is 11.7 Å². The molecule has 0 aromatic rings. The fraction of sp³-hybridized carbons (Fsp3) is 0.857. The third-order valence-corrected chi connectivity index (χ3v) is 5.23. The van der Waals surface area contributed by atoms with Gasteiger partial charge < -0.3 is 11.1 Å². The molecule has 0 aromatic carbocycles. The summed E-state index contributed by atoms with van der Waals surface area (Å²) in [5, 5.41) is 3.45. The smallest absolute Gasteiger partial charge is 0.221 e. The summed E-state index contributed by atoms with van der Waals surface area (Å²) in [6, 6.07) is 0. The maximum absolute atomic E-state index is 11.3. The molecule has 1 unspecified atom stereocenters. The van der Waals surface area contributed by atoms with Crippen molar-refractivity contribution >= 4 is 5.91 Å². The third-order valence-electron chi connectivity index (χ3n) is 5.23. The minimum Gasteiger partial charge on any atom is -0.388 e. The van der Waals surface area contributed by atoms with Crippen molar-refractivity contribution in [3.8, 4) is 0 Å². The number of hydrogen-bond donors (Lipinski definition) is 2. The van der Waals surface area contributed by atoms with Gasteiger partial charge in [0.2, 0.25) is 5.91 Å². The van der Waals surface area contributed by atoms with Crippen LogP contribution in [0.5, 0.6) is 0 Å². The summed E-state index contributed by atoms with van der Waals surface area (Å²) in [5.74, 6) is -0.142. The maximum atomic E-state index is 11.3. The van der Waals surface area contributed by atoms with Crippen molar-refractivity contribution in [2.75, 3.05) is 26.2 Å². The van der Waals surface area contributed by atoms with Crippen LogP contribution in [-0.2, 0) is 4.79 Å². The molecular formula is C21H41N3O. The van der Waals surface area contributed by atoms with Crippen molar-refractivity contribution in [3.05, 3.63) is 12.3 Å². The Morgan fingerprint density at radius 1 is 1.08 bits per heavy atom. The molecule has 1 saturated heterocycles. The van der Waals surface area contributed by atoms with Crippen molar-refractivity contribution < 1.29 is 4.79 Å². The number of nitrogens with two attached hydrogens (primary N) is 1.